The Labute approximate surface area is 83.7 Å². The molecular formula is C7H4Cl2N2O2. The van der Waals surface area contributed by atoms with Crippen molar-refractivity contribution in [1.82, 2.24) is 0 Å². The molecular weight excluding hydrogens is 215 g/mol. The van der Waals surface area contributed by atoms with E-state index in [0.29, 0.717) is 0 Å². The van der Waals surface area contributed by atoms with E-state index in [2.05, 4.69) is 0 Å². The van der Waals surface area contributed by atoms with E-state index in [-0.39, 0.29) is 16.3 Å². The summed E-state index contributed by atoms with van der Waals surface area (Å²) in [6.45, 7) is 0. The van der Waals surface area contributed by atoms with Crippen LogP contribution in [0.2, 0.25) is 5.02 Å². The van der Waals surface area contributed by atoms with Gasteiger partial charge in [0.1, 0.15) is 10.2 Å². The van der Waals surface area contributed by atoms with Gasteiger partial charge in [0.15, 0.2) is 0 Å². The first-order valence-electron chi connectivity index (χ1n) is 3.21. The van der Waals surface area contributed by atoms with E-state index in [4.69, 9.17) is 28.6 Å². The largest absolute Gasteiger partial charge is 0.298 e. The Kier molecular flexibility index (Phi) is 2.85. The van der Waals surface area contributed by atoms with E-state index >= 15 is 0 Å². The molecule has 6 heteroatoms. The zero-order chi connectivity index (χ0) is 10.0. The van der Waals surface area contributed by atoms with Crippen molar-refractivity contribution in [2.24, 2.45) is 0 Å². The van der Waals surface area contributed by atoms with Crippen LogP contribution < -0.4 is 0 Å². The number of hydrogen-bond donors (Lipinski definition) is 1. The summed E-state index contributed by atoms with van der Waals surface area (Å²) in [5, 5.41) is 17.2. The maximum atomic E-state index is 10.5. The second kappa shape index (κ2) is 3.72. The van der Waals surface area contributed by atoms with Crippen molar-refractivity contribution in [1.29, 1.82) is 5.41 Å². The molecule has 0 heterocycles. The number of para-hydroxylation sites is 1. The highest BCUT2D eigenvalue weighted by molar-refractivity contribution is 6.69. The Morgan fingerprint density at radius 1 is 1.54 bits per heavy atom. The van der Waals surface area contributed by atoms with Gasteiger partial charge in [-0.3, -0.25) is 15.5 Å². The molecule has 0 saturated carbocycles. The normalized spacial score (nSPS) is 9.69. The van der Waals surface area contributed by atoms with Crippen LogP contribution >= 0.6 is 23.2 Å². The molecule has 1 rings (SSSR count). The fraction of sp³-hybridized carbons (Fsp3) is 0. The molecule has 1 aromatic carbocycles. The molecule has 68 valence electrons. The van der Waals surface area contributed by atoms with Gasteiger partial charge in [0, 0.05) is 0 Å². The zero-order valence-electron chi connectivity index (χ0n) is 6.25. The maximum Gasteiger partial charge on any atom is 0.298 e. The minimum atomic E-state index is -0.658. The third-order valence-electron chi connectivity index (χ3n) is 1.41. The minimum Gasteiger partial charge on any atom is -0.289 e. The summed E-state index contributed by atoms with van der Waals surface area (Å²) < 4.78 is 0. The second-order valence-corrected chi connectivity index (χ2v) is 2.99. The fourth-order valence-electron chi connectivity index (χ4n) is 0.878. The Hall–Kier alpha value is -1.13. The molecule has 4 nitrogen and oxygen atoms in total. The lowest BCUT2D eigenvalue weighted by atomic mass is 10.2. The third-order valence-corrected chi connectivity index (χ3v) is 1.91. The maximum absolute atomic E-state index is 10.5. The van der Waals surface area contributed by atoms with Crippen molar-refractivity contribution in [2.45, 2.75) is 0 Å². The quantitative estimate of drug-likeness (QED) is 0.472. The van der Waals surface area contributed by atoms with Gasteiger partial charge in [-0.1, -0.05) is 29.3 Å². The van der Waals surface area contributed by atoms with Crippen molar-refractivity contribution < 1.29 is 4.92 Å². The van der Waals surface area contributed by atoms with Gasteiger partial charge in [-0.15, -0.1) is 0 Å². The molecule has 0 amide bonds. The monoisotopic (exact) mass is 218 g/mol. The van der Waals surface area contributed by atoms with Crippen LogP contribution in [0.1, 0.15) is 5.56 Å². The summed E-state index contributed by atoms with van der Waals surface area (Å²) in [6, 6.07) is 4.25. The van der Waals surface area contributed by atoms with Gasteiger partial charge in [0.2, 0.25) is 0 Å². The molecule has 0 bridgehead atoms. The van der Waals surface area contributed by atoms with E-state index < -0.39 is 10.1 Å². The third kappa shape index (κ3) is 1.96. The van der Waals surface area contributed by atoms with E-state index in [1.165, 1.54) is 18.2 Å². The van der Waals surface area contributed by atoms with Crippen LogP contribution in [0.4, 0.5) is 5.69 Å². The van der Waals surface area contributed by atoms with Crippen molar-refractivity contribution >= 4 is 34.1 Å². The Morgan fingerprint density at radius 2 is 2.15 bits per heavy atom. The van der Waals surface area contributed by atoms with Crippen LogP contribution in [0.15, 0.2) is 18.2 Å². The number of rotatable bonds is 2. The van der Waals surface area contributed by atoms with Gasteiger partial charge in [-0.05, 0) is 12.1 Å². The smallest absolute Gasteiger partial charge is 0.289 e. The summed E-state index contributed by atoms with van der Waals surface area (Å²) in [5.41, 5.74) is -0.302. The van der Waals surface area contributed by atoms with Gasteiger partial charge in [-0.25, -0.2) is 0 Å². The molecule has 1 aromatic rings. The van der Waals surface area contributed by atoms with Gasteiger partial charge in [-0.2, -0.15) is 0 Å². The number of halogens is 2. The molecule has 0 aliphatic carbocycles. The zero-order valence-corrected chi connectivity index (χ0v) is 7.76. The SMILES string of the molecule is N=C(Cl)c1cccc(Cl)c1[N+](=O)[O-]. The first-order valence-corrected chi connectivity index (χ1v) is 3.97. The topological polar surface area (TPSA) is 67.0 Å². The lowest BCUT2D eigenvalue weighted by Gasteiger charge is -1.99. The summed E-state index contributed by atoms with van der Waals surface area (Å²) in [6.07, 6.45) is 0. The number of nitro groups is 1. The van der Waals surface area contributed by atoms with E-state index in [0.717, 1.165) is 0 Å². The summed E-state index contributed by atoms with van der Waals surface area (Å²) in [7, 11) is 0. The molecule has 0 radical (unpaired) electrons. The molecule has 0 aliphatic heterocycles. The molecule has 0 aliphatic rings. The van der Waals surface area contributed by atoms with E-state index in [1.807, 2.05) is 0 Å². The van der Waals surface area contributed by atoms with E-state index in [1.54, 1.807) is 0 Å². The molecule has 1 N–H and O–H groups in total. The lowest BCUT2D eigenvalue weighted by Crippen LogP contribution is -1.98. The molecule has 13 heavy (non-hydrogen) atoms. The average molecular weight is 219 g/mol. The molecule has 0 spiro atoms. The number of nitrogens with one attached hydrogen (secondary N) is 1. The molecule has 0 fully saturated rings. The highest BCUT2D eigenvalue weighted by atomic mass is 35.5. The van der Waals surface area contributed by atoms with E-state index in [9.17, 15) is 10.1 Å². The van der Waals surface area contributed by atoms with Crippen LogP contribution in [0.3, 0.4) is 0 Å². The Morgan fingerprint density at radius 3 is 2.54 bits per heavy atom. The Balaban J connectivity index is 3.43. The van der Waals surface area contributed by atoms with Gasteiger partial charge in [0.25, 0.3) is 5.69 Å². The van der Waals surface area contributed by atoms with Crippen LogP contribution in [0.5, 0.6) is 0 Å². The van der Waals surface area contributed by atoms with Crippen molar-refractivity contribution in [2.75, 3.05) is 0 Å². The van der Waals surface area contributed by atoms with Crippen molar-refractivity contribution in [3.8, 4) is 0 Å². The molecule has 0 saturated heterocycles. The number of hydrogen-bond acceptors (Lipinski definition) is 3. The predicted octanol–water partition coefficient (Wildman–Crippen LogP) is 2.81. The van der Waals surface area contributed by atoms with Crippen LogP contribution in [-0.4, -0.2) is 10.1 Å². The fourth-order valence-corrected chi connectivity index (χ4v) is 1.27. The predicted molar refractivity (Wildman–Crippen MR) is 50.8 cm³/mol. The van der Waals surface area contributed by atoms with Gasteiger partial charge >= 0.3 is 0 Å². The number of nitrogens with zero attached hydrogens (tertiary/aromatic N) is 1. The Bertz CT molecular complexity index is 379. The standard InChI is InChI=1S/C7H4Cl2N2O2/c8-5-3-1-2-4(7(9)10)6(5)11(12)13/h1-3,10H. The van der Waals surface area contributed by atoms with Crippen molar-refractivity contribution in [3.05, 3.63) is 38.9 Å². The average Bonchev–Trinajstić information content (AvgIpc) is 2.02. The summed E-state index contributed by atoms with van der Waals surface area (Å²) >= 11 is 10.9. The first-order chi connectivity index (χ1) is 6.04. The van der Waals surface area contributed by atoms with Gasteiger partial charge < -0.3 is 0 Å². The number of nitro benzene ring substituents is 1. The summed E-state index contributed by atoms with van der Waals surface area (Å²) in [4.78, 5) is 9.85. The number of benzene rings is 1. The lowest BCUT2D eigenvalue weighted by molar-refractivity contribution is -0.384. The molecule has 0 aromatic heterocycles. The first kappa shape index (κ1) is 9.95. The second-order valence-electron chi connectivity index (χ2n) is 2.21. The highest BCUT2D eigenvalue weighted by Gasteiger charge is 2.19. The summed E-state index contributed by atoms with van der Waals surface area (Å²) in [5.74, 6) is 0. The minimum absolute atomic E-state index is 0.0205. The van der Waals surface area contributed by atoms with Crippen molar-refractivity contribution in [3.63, 3.8) is 0 Å². The van der Waals surface area contributed by atoms with Crippen LogP contribution in [0.25, 0.3) is 0 Å². The van der Waals surface area contributed by atoms with Crippen LogP contribution in [0, 0.1) is 15.5 Å². The van der Waals surface area contributed by atoms with Gasteiger partial charge in [0.05, 0.1) is 10.5 Å². The van der Waals surface area contributed by atoms with Crippen LogP contribution in [-0.2, 0) is 0 Å². The molecule has 0 unspecified atom stereocenters. The molecule has 0 atom stereocenters. The highest BCUT2D eigenvalue weighted by Crippen LogP contribution is 2.28.